The Balaban J connectivity index is 2.39. The van der Waals surface area contributed by atoms with Gasteiger partial charge in [-0.05, 0) is 24.3 Å². The Kier molecular flexibility index (Phi) is 3.60. The fourth-order valence-electron chi connectivity index (χ4n) is 1.50. The molecule has 0 heterocycles. The zero-order valence-electron chi connectivity index (χ0n) is 9.19. The van der Waals surface area contributed by atoms with Crippen molar-refractivity contribution in [3.63, 3.8) is 0 Å². The molecule has 0 bridgehead atoms. The Hall–Kier alpha value is -2.49. The second kappa shape index (κ2) is 5.55. The molecule has 0 atom stereocenters. The lowest BCUT2D eigenvalue weighted by Gasteiger charge is -2.18. The molecule has 4 heteroatoms. The van der Waals surface area contributed by atoms with E-state index in [2.05, 4.69) is 10.2 Å². The summed E-state index contributed by atoms with van der Waals surface area (Å²) in [7, 11) is 0. The minimum atomic E-state index is 0.929. The van der Waals surface area contributed by atoms with Crippen molar-refractivity contribution in [2.45, 2.75) is 0 Å². The van der Waals surface area contributed by atoms with Crippen LogP contribution in [-0.4, -0.2) is 6.34 Å². The van der Waals surface area contributed by atoms with Gasteiger partial charge < -0.3 is 0 Å². The monoisotopic (exact) mass is 224 g/mol. The van der Waals surface area contributed by atoms with Gasteiger partial charge in [0.1, 0.15) is 0 Å². The molecule has 0 aromatic heterocycles. The molecule has 1 N–H and O–H groups in total. The highest BCUT2D eigenvalue weighted by Crippen LogP contribution is 2.24. The molecule has 0 aliphatic carbocycles. The van der Waals surface area contributed by atoms with Crippen LogP contribution in [0.5, 0.6) is 0 Å². The van der Waals surface area contributed by atoms with Gasteiger partial charge >= 0.3 is 0 Å². The molecule has 2 rings (SSSR count). The summed E-state index contributed by atoms with van der Waals surface area (Å²) in [6.07, 6.45) is 1.21. The Morgan fingerprint density at radius 3 is 1.71 bits per heavy atom. The lowest BCUT2D eigenvalue weighted by atomic mass is 10.2. The Morgan fingerprint density at radius 1 is 0.824 bits per heavy atom. The minimum Gasteiger partial charge on any atom is -0.232 e. The quantitative estimate of drug-likeness (QED) is 0.365. The normalized spacial score (nSPS) is 10.4. The van der Waals surface area contributed by atoms with Gasteiger partial charge in [-0.25, -0.2) is 10.5 Å². The zero-order chi connectivity index (χ0) is 11.9. The second-order valence-electron chi connectivity index (χ2n) is 3.34. The van der Waals surface area contributed by atoms with Gasteiger partial charge in [-0.3, -0.25) is 0 Å². The summed E-state index contributed by atoms with van der Waals surface area (Å²) in [6, 6.07) is 19.5. The Labute approximate surface area is 99.7 Å². The first-order chi connectivity index (χ1) is 8.42. The van der Waals surface area contributed by atoms with Gasteiger partial charge in [0.05, 0.1) is 11.4 Å². The van der Waals surface area contributed by atoms with E-state index in [1.807, 2.05) is 60.7 Å². The summed E-state index contributed by atoms with van der Waals surface area (Å²) in [6.45, 7) is 0. The van der Waals surface area contributed by atoms with Gasteiger partial charge in [-0.1, -0.05) is 36.4 Å². The van der Waals surface area contributed by atoms with E-state index in [0.717, 1.165) is 11.4 Å². The molecule has 0 aliphatic heterocycles. The number of rotatable bonds is 4. The summed E-state index contributed by atoms with van der Waals surface area (Å²) in [5, 5.41) is 9.01. The molecule has 0 unspecified atom stereocenters. The molecule has 0 aliphatic rings. The van der Waals surface area contributed by atoms with E-state index in [1.165, 1.54) is 6.34 Å². The summed E-state index contributed by atoms with van der Waals surface area (Å²) in [5.74, 6) is 0. The Morgan fingerprint density at radius 2 is 1.29 bits per heavy atom. The SMILES string of the molecule is N=N/C=N/N(c1ccccc1)c1ccccc1. The van der Waals surface area contributed by atoms with E-state index in [9.17, 15) is 0 Å². The zero-order valence-corrected chi connectivity index (χ0v) is 9.19. The summed E-state index contributed by atoms with van der Waals surface area (Å²) in [4.78, 5) is 0. The second-order valence-corrected chi connectivity index (χ2v) is 3.34. The molecule has 84 valence electrons. The largest absolute Gasteiger partial charge is 0.232 e. The first kappa shape index (κ1) is 11.0. The van der Waals surface area contributed by atoms with Crippen molar-refractivity contribution in [2.75, 3.05) is 5.01 Å². The topological polar surface area (TPSA) is 51.8 Å². The molecule has 0 saturated carbocycles. The molecule has 17 heavy (non-hydrogen) atoms. The molecule has 0 amide bonds. The van der Waals surface area contributed by atoms with Crippen molar-refractivity contribution in [1.29, 1.82) is 5.53 Å². The summed E-state index contributed by atoms with van der Waals surface area (Å²) in [5.41, 5.74) is 8.63. The number of anilines is 2. The van der Waals surface area contributed by atoms with Crippen LogP contribution in [0.2, 0.25) is 0 Å². The van der Waals surface area contributed by atoms with Gasteiger partial charge in [-0.2, -0.15) is 5.10 Å². The van der Waals surface area contributed by atoms with E-state index in [4.69, 9.17) is 5.53 Å². The number of nitrogens with one attached hydrogen (secondary N) is 1. The molecule has 0 spiro atoms. The van der Waals surface area contributed by atoms with Crippen molar-refractivity contribution in [3.8, 4) is 0 Å². The smallest absolute Gasteiger partial charge is 0.158 e. The average molecular weight is 224 g/mol. The third kappa shape index (κ3) is 2.75. The van der Waals surface area contributed by atoms with Crippen LogP contribution in [0.15, 0.2) is 70.9 Å². The first-order valence-corrected chi connectivity index (χ1v) is 5.21. The van der Waals surface area contributed by atoms with Gasteiger partial charge in [0.2, 0.25) is 0 Å². The van der Waals surface area contributed by atoms with Crippen molar-refractivity contribution < 1.29 is 0 Å². The van der Waals surface area contributed by atoms with Crippen LogP contribution < -0.4 is 5.01 Å². The van der Waals surface area contributed by atoms with Crippen LogP contribution in [0.1, 0.15) is 0 Å². The molecule has 0 saturated heterocycles. The maximum atomic E-state index is 6.77. The maximum absolute atomic E-state index is 6.77. The molecule has 4 nitrogen and oxygen atoms in total. The van der Waals surface area contributed by atoms with Crippen LogP contribution in [-0.2, 0) is 0 Å². The van der Waals surface area contributed by atoms with Gasteiger partial charge in [0.25, 0.3) is 0 Å². The number of para-hydroxylation sites is 2. The highest BCUT2D eigenvalue weighted by atomic mass is 15.5. The number of hydrogen-bond acceptors (Lipinski definition) is 3. The minimum absolute atomic E-state index is 0.929. The fourth-order valence-corrected chi connectivity index (χ4v) is 1.50. The average Bonchev–Trinajstić information content (AvgIpc) is 2.42. The third-order valence-electron chi connectivity index (χ3n) is 2.23. The summed E-state index contributed by atoms with van der Waals surface area (Å²) >= 11 is 0. The standard InChI is InChI=1S/C13H12N4/c14-15-11-16-17(12-7-3-1-4-8-12)13-9-5-2-6-10-13/h1-11,14H/b15-14?,16-11+. The first-order valence-electron chi connectivity index (χ1n) is 5.21. The van der Waals surface area contributed by atoms with E-state index in [0.29, 0.717) is 0 Å². The van der Waals surface area contributed by atoms with Crippen LogP contribution in [0.25, 0.3) is 0 Å². The fraction of sp³-hybridized carbons (Fsp3) is 0. The van der Waals surface area contributed by atoms with Gasteiger partial charge in [0, 0.05) is 0 Å². The molecular formula is C13H12N4. The van der Waals surface area contributed by atoms with Gasteiger partial charge in [-0.15, -0.1) is 5.11 Å². The maximum Gasteiger partial charge on any atom is 0.158 e. The van der Waals surface area contributed by atoms with Crippen molar-refractivity contribution in [3.05, 3.63) is 60.7 Å². The third-order valence-corrected chi connectivity index (χ3v) is 2.23. The Bertz CT molecular complexity index is 454. The molecule has 0 fully saturated rings. The highest BCUT2D eigenvalue weighted by Gasteiger charge is 2.05. The van der Waals surface area contributed by atoms with Crippen LogP contribution in [0, 0.1) is 5.53 Å². The molecule has 2 aromatic rings. The van der Waals surface area contributed by atoms with Crippen LogP contribution in [0.4, 0.5) is 11.4 Å². The lowest BCUT2D eigenvalue weighted by Crippen LogP contribution is -2.08. The van der Waals surface area contributed by atoms with Crippen molar-refractivity contribution in [2.24, 2.45) is 10.2 Å². The summed E-state index contributed by atoms with van der Waals surface area (Å²) < 4.78 is 0. The number of nitrogens with zero attached hydrogens (tertiary/aromatic N) is 3. The number of hydrogen-bond donors (Lipinski definition) is 1. The predicted molar refractivity (Wildman–Crippen MR) is 68.7 cm³/mol. The number of benzene rings is 2. The van der Waals surface area contributed by atoms with E-state index < -0.39 is 0 Å². The number of hydrazone groups is 1. The van der Waals surface area contributed by atoms with Gasteiger partial charge in [0.15, 0.2) is 6.34 Å². The van der Waals surface area contributed by atoms with E-state index in [-0.39, 0.29) is 0 Å². The van der Waals surface area contributed by atoms with Crippen LogP contribution >= 0.6 is 0 Å². The predicted octanol–water partition coefficient (Wildman–Crippen LogP) is 3.80. The highest BCUT2D eigenvalue weighted by molar-refractivity contribution is 5.66. The lowest BCUT2D eigenvalue weighted by molar-refractivity contribution is 1.07. The molecule has 0 radical (unpaired) electrons. The van der Waals surface area contributed by atoms with Crippen LogP contribution in [0.3, 0.4) is 0 Å². The van der Waals surface area contributed by atoms with Crippen molar-refractivity contribution >= 4 is 17.7 Å². The molecular weight excluding hydrogens is 212 g/mol. The van der Waals surface area contributed by atoms with Crippen molar-refractivity contribution in [1.82, 2.24) is 0 Å². The van der Waals surface area contributed by atoms with E-state index in [1.54, 1.807) is 5.01 Å². The molecule has 2 aromatic carbocycles. The van der Waals surface area contributed by atoms with E-state index >= 15 is 0 Å².